The third kappa shape index (κ3) is 2.48. The van der Waals surface area contributed by atoms with Crippen molar-refractivity contribution in [3.8, 4) is 5.88 Å². The Morgan fingerprint density at radius 1 is 1.33 bits per heavy atom. The molecule has 0 radical (unpaired) electrons. The predicted octanol–water partition coefficient (Wildman–Crippen LogP) is 3.31. The highest BCUT2D eigenvalue weighted by molar-refractivity contribution is 7.15. The van der Waals surface area contributed by atoms with Crippen LogP contribution in [0, 0.1) is 0 Å². The monoisotopic (exact) mass is 339 g/mol. The summed E-state index contributed by atoms with van der Waals surface area (Å²) >= 11 is 1.44. The number of methoxy groups -OCH3 is 1. The molecule has 0 N–H and O–H groups in total. The summed E-state index contributed by atoms with van der Waals surface area (Å²) in [6.45, 7) is 0.0892. The number of aromatic nitrogens is 3. The van der Waals surface area contributed by atoms with Crippen molar-refractivity contribution in [3.63, 3.8) is 0 Å². The molecular weight excluding hydrogens is 326 g/mol. The second kappa shape index (κ2) is 5.93. The number of nitrogens with zero attached hydrogens (tertiary/aromatic N) is 3. The van der Waals surface area contributed by atoms with Gasteiger partial charge in [0.25, 0.3) is 0 Å². The van der Waals surface area contributed by atoms with Gasteiger partial charge in [0.15, 0.2) is 0 Å². The Kier molecular flexibility index (Phi) is 3.62. The zero-order valence-electron chi connectivity index (χ0n) is 12.8. The third-order valence-electron chi connectivity index (χ3n) is 3.68. The van der Waals surface area contributed by atoms with Gasteiger partial charge in [-0.25, -0.2) is 14.8 Å². The van der Waals surface area contributed by atoms with Crippen LogP contribution in [-0.4, -0.2) is 27.4 Å². The fourth-order valence-electron chi connectivity index (χ4n) is 2.51. The lowest BCUT2D eigenvalue weighted by Gasteiger charge is -2.10. The van der Waals surface area contributed by atoms with E-state index in [2.05, 4.69) is 9.97 Å². The molecule has 0 spiro atoms. The fraction of sp³-hybridized carbons (Fsp3) is 0.118. The van der Waals surface area contributed by atoms with Crippen molar-refractivity contribution in [3.05, 3.63) is 59.5 Å². The molecule has 120 valence electrons. The van der Waals surface area contributed by atoms with Crippen LogP contribution in [0.2, 0.25) is 0 Å². The maximum Gasteiger partial charge on any atom is 0.356 e. The minimum atomic E-state index is -0.408. The minimum absolute atomic E-state index is 0.0892. The van der Waals surface area contributed by atoms with Gasteiger partial charge >= 0.3 is 5.97 Å². The highest BCUT2D eigenvalue weighted by Crippen LogP contribution is 2.23. The Morgan fingerprint density at radius 2 is 2.21 bits per heavy atom. The van der Waals surface area contributed by atoms with E-state index < -0.39 is 5.97 Å². The van der Waals surface area contributed by atoms with Crippen LogP contribution >= 0.6 is 11.3 Å². The first-order valence-electron chi connectivity index (χ1n) is 7.25. The van der Waals surface area contributed by atoms with E-state index in [4.69, 9.17) is 9.47 Å². The van der Waals surface area contributed by atoms with Crippen molar-refractivity contribution >= 4 is 33.0 Å². The summed E-state index contributed by atoms with van der Waals surface area (Å²) in [6.07, 6.45) is 3.30. The molecule has 24 heavy (non-hydrogen) atoms. The van der Waals surface area contributed by atoms with Gasteiger partial charge in [0, 0.05) is 10.8 Å². The van der Waals surface area contributed by atoms with E-state index in [1.54, 1.807) is 29.4 Å². The zero-order valence-corrected chi connectivity index (χ0v) is 13.6. The number of imidazole rings is 1. The van der Waals surface area contributed by atoms with Gasteiger partial charge in [-0.2, -0.15) is 0 Å². The Morgan fingerprint density at radius 3 is 3.08 bits per heavy atom. The molecule has 3 aromatic heterocycles. The summed E-state index contributed by atoms with van der Waals surface area (Å²) in [5.41, 5.74) is 2.02. The zero-order chi connectivity index (χ0) is 16.5. The van der Waals surface area contributed by atoms with Gasteiger partial charge < -0.3 is 9.47 Å². The van der Waals surface area contributed by atoms with Crippen molar-refractivity contribution in [2.45, 2.75) is 6.61 Å². The molecule has 0 fully saturated rings. The first-order chi connectivity index (χ1) is 11.8. The highest BCUT2D eigenvalue weighted by atomic mass is 32.1. The SMILES string of the molecule is COc1nc2ccccc2cc1COC(=O)c1csc2cncn12. The summed E-state index contributed by atoms with van der Waals surface area (Å²) in [5.74, 6) is 0.0501. The smallest absolute Gasteiger partial charge is 0.356 e. The maximum atomic E-state index is 12.3. The second-order valence-electron chi connectivity index (χ2n) is 5.15. The molecule has 4 aromatic rings. The first-order valence-corrected chi connectivity index (χ1v) is 8.13. The average Bonchev–Trinajstić information content (AvgIpc) is 3.22. The molecule has 4 rings (SSSR count). The molecule has 1 aromatic carbocycles. The number of hydrogen-bond acceptors (Lipinski definition) is 6. The Labute approximate surface area is 141 Å². The number of rotatable bonds is 4. The minimum Gasteiger partial charge on any atom is -0.481 e. The summed E-state index contributed by atoms with van der Waals surface area (Å²) < 4.78 is 12.5. The number of carbonyl (C=O) groups excluding carboxylic acids is 1. The maximum absolute atomic E-state index is 12.3. The van der Waals surface area contributed by atoms with Crippen molar-refractivity contribution in [1.82, 2.24) is 14.4 Å². The quantitative estimate of drug-likeness (QED) is 0.534. The molecule has 0 aliphatic rings. The molecule has 0 atom stereocenters. The van der Waals surface area contributed by atoms with E-state index in [-0.39, 0.29) is 6.61 Å². The van der Waals surface area contributed by atoms with Crippen LogP contribution in [0.3, 0.4) is 0 Å². The second-order valence-corrected chi connectivity index (χ2v) is 6.04. The molecule has 0 bridgehead atoms. The van der Waals surface area contributed by atoms with Gasteiger partial charge in [-0.05, 0) is 12.1 Å². The lowest BCUT2D eigenvalue weighted by Crippen LogP contribution is -2.08. The van der Waals surface area contributed by atoms with Crippen molar-refractivity contribution < 1.29 is 14.3 Å². The van der Waals surface area contributed by atoms with Gasteiger partial charge in [-0.1, -0.05) is 18.2 Å². The van der Waals surface area contributed by atoms with E-state index >= 15 is 0 Å². The summed E-state index contributed by atoms with van der Waals surface area (Å²) in [5, 5.41) is 2.73. The van der Waals surface area contributed by atoms with E-state index in [0.717, 1.165) is 21.3 Å². The van der Waals surface area contributed by atoms with Crippen molar-refractivity contribution in [2.24, 2.45) is 0 Å². The molecule has 0 saturated carbocycles. The van der Waals surface area contributed by atoms with Crippen molar-refractivity contribution in [2.75, 3.05) is 7.11 Å². The lowest BCUT2D eigenvalue weighted by atomic mass is 10.1. The van der Waals surface area contributed by atoms with Crippen LogP contribution in [0.15, 0.2) is 48.2 Å². The molecule has 0 amide bonds. The third-order valence-corrected chi connectivity index (χ3v) is 4.56. The molecule has 0 saturated heterocycles. The highest BCUT2D eigenvalue weighted by Gasteiger charge is 2.16. The number of para-hydroxylation sites is 1. The Hall–Kier alpha value is -2.93. The Balaban J connectivity index is 1.60. The molecule has 7 heteroatoms. The van der Waals surface area contributed by atoms with E-state index in [0.29, 0.717) is 11.6 Å². The normalized spacial score (nSPS) is 11.0. The summed E-state index contributed by atoms with van der Waals surface area (Å²) in [6, 6.07) is 9.65. The van der Waals surface area contributed by atoms with Gasteiger partial charge in [0.05, 0.1) is 24.4 Å². The number of benzene rings is 1. The molecule has 0 unspecified atom stereocenters. The molecule has 0 aliphatic carbocycles. The number of ether oxygens (including phenoxy) is 2. The topological polar surface area (TPSA) is 65.7 Å². The molecular formula is C17H13N3O3S. The standard InChI is InChI=1S/C17H13N3O3S/c1-22-16-12(6-11-4-2-3-5-13(11)19-16)8-23-17(21)14-9-24-15-7-18-10-20(14)15/h2-7,9-10H,8H2,1H3. The molecule has 3 heterocycles. The lowest BCUT2D eigenvalue weighted by molar-refractivity contribution is 0.0462. The van der Waals surface area contributed by atoms with E-state index in [1.165, 1.54) is 11.3 Å². The van der Waals surface area contributed by atoms with Crippen LogP contribution in [0.25, 0.3) is 15.7 Å². The number of thiazole rings is 1. The van der Waals surface area contributed by atoms with Gasteiger partial charge in [0.2, 0.25) is 5.88 Å². The fourth-order valence-corrected chi connectivity index (χ4v) is 3.33. The van der Waals surface area contributed by atoms with Gasteiger partial charge in [-0.15, -0.1) is 11.3 Å². The van der Waals surface area contributed by atoms with Crippen LogP contribution in [0.1, 0.15) is 16.1 Å². The predicted molar refractivity (Wildman–Crippen MR) is 90.5 cm³/mol. The van der Waals surface area contributed by atoms with Crippen LogP contribution < -0.4 is 4.74 Å². The Bertz CT molecular complexity index is 1040. The number of fused-ring (bicyclic) bond motifs is 2. The van der Waals surface area contributed by atoms with Crippen LogP contribution in [0.5, 0.6) is 5.88 Å². The molecule has 0 aliphatic heterocycles. The van der Waals surface area contributed by atoms with Crippen molar-refractivity contribution in [1.29, 1.82) is 0 Å². The summed E-state index contributed by atoms with van der Waals surface area (Å²) in [7, 11) is 1.55. The van der Waals surface area contributed by atoms with E-state index in [9.17, 15) is 4.79 Å². The first kappa shape index (κ1) is 14.6. The number of pyridine rings is 1. The van der Waals surface area contributed by atoms with Gasteiger partial charge in [0.1, 0.15) is 23.5 Å². The van der Waals surface area contributed by atoms with E-state index in [1.807, 2.05) is 30.3 Å². The van der Waals surface area contributed by atoms with Gasteiger partial charge in [-0.3, -0.25) is 4.40 Å². The van der Waals surface area contributed by atoms with Crippen LogP contribution in [-0.2, 0) is 11.3 Å². The number of esters is 1. The summed E-state index contributed by atoms with van der Waals surface area (Å²) in [4.78, 5) is 21.7. The average molecular weight is 339 g/mol. The molecule has 6 nitrogen and oxygen atoms in total. The largest absolute Gasteiger partial charge is 0.481 e. The van der Waals surface area contributed by atoms with Crippen LogP contribution in [0.4, 0.5) is 0 Å². The number of carbonyl (C=O) groups is 1. The number of hydrogen-bond donors (Lipinski definition) is 0.